The molecule has 0 aromatic carbocycles. The Morgan fingerprint density at radius 2 is 2.12 bits per heavy atom. The van der Waals surface area contributed by atoms with Gasteiger partial charge in [-0.25, -0.2) is 0 Å². The van der Waals surface area contributed by atoms with E-state index in [1.807, 2.05) is 0 Å². The maximum absolute atomic E-state index is 11.3. The fraction of sp³-hybridized carbons (Fsp3) is 0.923. The summed E-state index contributed by atoms with van der Waals surface area (Å²) in [6.07, 6.45) is 7.91. The van der Waals surface area contributed by atoms with Gasteiger partial charge in [0.1, 0.15) is 6.29 Å². The quantitative estimate of drug-likeness (QED) is 0.720. The van der Waals surface area contributed by atoms with Gasteiger partial charge in [0.2, 0.25) is 0 Å². The van der Waals surface area contributed by atoms with Crippen LogP contribution in [0.2, 0.25) is 0 Å². The largest absolute Gasteiger partial charge is 0.396 e. The number of nitrogens with zero attached hydrogens (tertiary/aromatic N) is 1. The van der Waals surface area contributed by atoms with Crippen LogP contribution >= 0.6 is 0 Å². The molecule has 3 heteroatoms. The highest BCUT2D eigenvalue weighted by Gasteiger charge is 2.37. The highest BCUT2D eigenvalue weighted by atomic mass is 16.3. The molecule has 92 valence electrons. The first-order valence-electron chi connectivity index (χ1n) is 6.57. The Bertz CT molecular complexity index is 236. The van der Waals surface area contributed by atoms with Crippen LogP contribution < -0.4 is 0 Å². The predicted molar refractivity (Wildman–Crippen MR) is 63.2 cm³/mol. The Kier molecular flexibility index (Phi) is 3.98. The van der Waals surface area contributed by atoms with Crippen LogP contribution in [0, 0.1) is 11.3 Å². The molecule has 0 bridgehead atoms. The zero-order valence-corrected chi connectivity index (χ0v) is 10.0. The number of aldehydes is 1. The molecule has 1 unspecified atom stereocenters. The minimum Gasteiger partial charge on any atom is -0.396 e. The van der Waals surface area contributed by atoms with E-state index in [-0.39, 0.29) is 5.41 Å². The van der Waals surface area contributed by atoms with E-state index in [1.165, 1.54) is 25.5 Å². The van der Waals surface area contributed by atoms with Crippen molar-refractivity contribution >= 4 is 6.29 Å². The minimum atomic E-state index is -0.0336. The zero-order chi connectivity index (χ0) is 11.4. The lowest BCUT2D eigenvalue weighted by Crippen LogP contribution is -2.36. The standard InChI is InChI=1S/C13H23NO2/c15-8-4-12-3-7-14(9-12)10-13(11-16)5-1-2-6-13/h11-12,15H,1-10H2. The molecule has 1 aliphatic heterocycles. The van der Waals surface area contributed by atoms with Crippen LogP contribution in [0.1, 0.15) is 38.5 Å². The fourth-order valence-corrected chi connectivity index (χ4v) is 3.31. The van der Waals surface area contributed by atoms with Crippen molar-refractivity contribution < 1.29 is 9.90 Å². The first-order chi connectivity index (χ1) is 7.78. The summed E-state index contributed by atoms with van der Waals surface area (Å²) in [5.41, 5.74) is -0.0336. The summed E-state index contributed by atoms with van der Waals surface area (Å²) in [4.78, 5) is 13.7. The fourth-order valence-electron chi connectivity index (χ4n) is 3.31. The lowest BCUT2D eigenvalue weighted by molar-refractivity contribution is -0.116. The van der Waals surface area contributed by atoms with E-state index in [4.69, 9.17) is 5.11 Å². The Hall–Kier alpha value is -0.410. The van der Waals surface area contributed by atoms with E-state index in [0.717, 1.165) is 38.9 Å². The van der Waals surface area contributed by atoms with E-state index in [0.29, 0.717) is 12.5 Å². The minimum absolute atomic E-state index is 0.0336. The second kappa shape index (κ2) is 5.28. The smallest absolute Gasteiger partial charge is 0.127 e. The summed E-state index contributed by atoms with van der Waals surface area (Å²) in [5.74, 6) is 0.648. The molecule has 1 atom stereocenters. The van der Waals surface area contributed by atoms with Gasteiger partial charge in [-0.15, -0.1) is 0 Å². The van der Waals surface area contributed by atoms with Gasteiger partial charge in [-0.05, 0) is 38.1 Å². The van der Waals surface area contributed by atoms with Crippen LogP contribution in [0.25, 0.3) is 0 Å². The number of carbonyl (C=O) groups excluding carboxylic acids is 1. The van der Waals surface area contributed by atoms with E-state index in [2.05, 4.69) is 4.90 Å². The van der Waals surface area contributed by atoms with Crippen molar-refractivity contribution in [1.29, 1.82) is 0 Å². The molecule has 1 saturated heterocycles. The van der Waals surface area contributed by atoms with Crippen LogP contribution in [-0.4, -0.2) is 42.5 Å². The molecule has 1 aliphatic carbocycles. The second-order valence-electron chi connectivity index (χ2n) is 5.59. The molecule has 0 radical (unpaired) electrons. The van der Waals surface area contributed by atoms with Crippen LogP contribution in [-0.2, 0) is 4.79 Å². The van der Waals surface area contributed by atoms with Gasteiger partial charge in [-0.2, -0.15) is 0 Å². The first-order valence-corrected chi connectivity index (χ1v) is 6.57. The summed E-state index contributed by atoms with van der Waals surface area (Å²) in [6, 6.07) is 0. The number of aliphatic hydroxyl groups excluding tert-OH is 1. The monoisotopic (exact) mass is 225 g/mol. The molecule has 2 fully saturated rings. The topological polar surface area (TPSA) is 40.5 Å². The molecule has 16 heavy (non-hydrogen) atoms. The van der Waals surface area contributed by atoms with Crippen LogP contribution in [0.15, 0.2) is 0 Å². The molecule has 0 aromatic rings. The van der Waals surface area contributed by atoms with Crippen molar-refractivity contribution in [2.45, 2.75) is 38.5 Å². The van der Waals surface area contributed by atoms with Crippen LogP contribution in [0.4, 0.5) is 0 Å². The summed E-state index contributed by atoms with van der Waals surface area (Å²) >= 11 is 0. The lowest BCUT2D eigenvalue weighted by Gasteiger charge is -2.28. The van der Waals surface area contributed by atoms with Gasteiger partial charge in [-0.3, -0.25) is 0 Å². The van der Waals surface area contributed by atoms with Crippen molar-refractivity contribution in [3.63, 3.8) is 0 Å². The van der Waals surface area contributed by atoms with Gasteiger partial charge in [0.15, 0.2) is 0 Å². The molecule has 0 aromatic heterocycles. The molecule has 2 aliphatic rings. The number of hydrogen-bond acceptors (Lipinski definition) is 3. The number of hydrogen-bond donors (Lipinski definition) is 1. The van der Waals surface area contributed by atoms with Gasteiger partial charge < -0.3 is 14.8 Å². The molecule has 0 amide bonds. The highest BCUT2D eigenvalue weighted by Crippen LogP contribution is 2.38. The number of likely N-dealkylation sites (tertiary alicyclic amines) is 1. The first kappa shape index (κ1) is 12.1. The maximum Gasteiger partial charge on any atom is 0.127 e. The predicted octanol–water partition coefficient (Wildman–Crippen LogP) is 1.45. The maximum atomic E-state index is 11.3. The summed E-state index contributed by atoms with van der Waals surface area (Å²) in [7, 11) is 0. The van der Waals surface area contributed by atoms with Gasteiger partial charge in [0.25, 0.3) is 0 Å². The molecule has 3 nitrogen and oxygen atoms in total. The molecule has 1 saturated carbocycles. The Morgan fingerprint density at radius 3 is 2.75 bits per heavy atom. The summed E-state index contributed by atoms with van der Waals surface area (Å²) < 4.78 is 0. The summed E-state index contributed by atoms with van der Waals surface area (Å²) in [6.45, 7) is 3.45. The van der Waals surface area contributed by atoms with Crippen LogP contribution in [0.3, 0.4) is 0 Å². The van der Waals surface area contributed by atoms with Gasteiger partial charge in [-0.1, -0.05) is 12.8 Å². The highest BCUT2D eigenvalue weighted by molar-refractivity contribution is 5.60. The molecular formula is C13H23NO2. The number of aliphatic hydroxyl groups is 1. The van der Waals surface area contributed by atoms with Gasteiger partial charge >= 0.3 is 0 Å². The van der Waals surface area contributed by atoms with Crippen molar-refractivity contribution in [3.05, 3.63) is 0 Å². The average Bonchev–Trinajstić information content (AvgIpc) is 2.90. The third kappa shape index (κ3) is 2.64. The van der Waals surface area contributed by atoms with Crippen LogP contribution in [0.5, 0.6) is 0 Å². The average molecular weight is 225 g/mol. The Morgan fingerprint density at radius 1 is 1.38 bits per heavy atom. The van der Waals surface area contributed by atoms with Crippen molar-refractivity contribution in [1.82, 2.24) is 4.90 Å². The summed E-state index contributed by atoms with van der Waals surface area (Å²) in [5, 5.41) is 8.92. The lowest BCUT2D eigenvalue weighted by atomic mass is 9.87. The normalized spacial score (nSPS) is 29.7. The zero-order valence-electron chi connectivity index (χ0n) is 10.0. The second-order valence-corrected chi connectivity index (χ2v) is 5.59. The van der Waals surface area contributed by atoms with Gasteiger partial charge in [0, 0.05) is 25.1 Å². The molecule has 0 spiro atoms. The van der Waals surface area contributed by atoms with E-state index < -0.39 is 0 Å². The van der Waals surface area contributed by atoms with E-state index in [1.54, 1.807) is 0 Å². The third-order valence-electron chi connectivity index (χ3n) is 4.30. The Balaban J connectivity index is 1.83. The number of rotatable bonds is 5. The molecule has 1 heterocycles. The molecule has 2 rings (SSSR count). The molecular weight excluding hydrogens is 202 g/mol. The SMILES string of the molecule is O=CC1(CN2CCC(CCO)C2)CCCC1. The van der Waals surface area contributed by atoms with E-state index in [9.17, 15) is 4.79 Å². The van der Waals surface area contributed by atoms with Crippen molar-refractivity contribution in [2.24, 2.45) is 11.3 Å². The van der Waals surface area contributed by atoms with Gasteiger partial charge in [0.05, 0.1) is 0 Å². The van der Waals surface area contributed by atoms with Crippen molar-refractivity contribution in [3.8, 4) is 0 Å². The van der Waals surface area contributed by atoms with Crippen molar-refractivity contribution in [2.75, 3.05) is 26.2 Å². The Labute approximate surface area is 97.8 Å². The number of carbonyl (C=O) groups is 1. The third-order valence-corrected chi connectivity index (χ3v) is 4.30. The molecule has 1 N–H and O–H groups in total. The van der Waals surface area contributed by atoms with E-state index >= 15 is 0 Å².